The standard InChI is InChI=1S/C22H27N3O4/c1-17-3-2-4-19(13-17)27-12-7-23-22(26)25-10-8-24(9-11-25)15-18-5-6-20-21(14-18)29-16-28-20/h2-6,13-14H,7-12,15-16H2,1H3,(H,23,26). The molecule has 0 bridgehead atoms. The number of aryl methyl sites for hydroxylation is 1. The summed E-state index contributed by atoms with van der Waals surface area (Å²) < 4.78 is 16.5. The molecule has 0 aromatic heterocycles. The van der Waals surface area contributed by atoms with Crippen molar-refractivity contribution in [1.82, 2.24) is 15.1 Å². The van der Waals surface area contributed by atoms with Crippen molar-refractivity contribution in [3.8, 4) is 17.2 Å². The van der Waals surface area contributed by atoms with Gasteiger partial charge in [0.05, 0.1) is 6.54 Å². The van der Waals surface area contributed by atoms with E-state index in [1.54, 1.807) is 0 Å². The Morgan fingerprint density at radius 2 is 1.90 bits per heavy atom. The molecule has 29 heavy (non-hydrogen) atoms. The van der Waals surface area contributed by atoms with Crippen molar-refractivity contribution < 1.29 is 19.0 Å². The van der Waals surface area contributed by atoms with E-state index < -0.39 is 0 Å². The number of nitrogens with zero attached hydrogens (tertiary/aromatic N) is 2. The van der Waals surface area contributed by atoms with E-state index in [0.29, 0.717) is 19.9 Å². The van der Waals surface area contributed by atoms with Crippen molar-refractivity contribution >= 4 is 6.03 Å². The molecule has 1 N–H and O–H groups in total. The number of rotatable bonds is 6. The summed E-state index contributed by atoms with van der Waals surface area (Å²) in [5.74, 6) is 2.45. The third-order valence-corrected chi connectivity index (χ3v) is 5.14. The first kappa shape index (κ1) is 19.4. The quantitative estimate of drug-likeness (QED) is 0.760. The average Bonchev–Trinajstić information content (AvgIpc) is 3.19. The fourth-order valence-electron chi connectivity index (χ4n) is 3.55. The monoisotopic (exact) mass is 397 g/mol. The van der Waals surface area contributed by atoms with Crippen molar-refractivity contribution in [2.75, 3.05) is 46.1 Å². The zero-order valence-electron chi connectivity index (χ0n) is 16.7. The lowest BCUT2D eigenvalue weighted by atomic mass is 10.1. The second kappa shape index (κ2) is 9.05. The molecule has 2 amide bonds. The molecule has 2 aromatic rings. The Morgan fingerprint density at radius 3 is 2.72 bits per heavy atom. The highest BCUT2D eigenvalue weighted by atomic mass is 16.7. The molecule has 2 aromatic carbocycles. The summed E-state index contributed by atoms with van der Waals surface area (Å²) in [5, 5.41) is 2.94. The van der Waals surface area contributed by atoms with Crippen LogP contribution in [0.4, 0.5) is 4.79 Å². The van der Waals surface area contributed by atoms with Crippen LogP contribution in [0.3, 0.4) is 0 Å². The molecule has 2 heterocycles. The maximum atomic E-state index is 12.4. The molecule has 0 aliphatic carbocycles. The molecule has 7 heteroatoms. The van der Waals surface area contributed by atoms with Gasteiger partial charge in [0, 0.05) is 32.7 Å². The normalized spacial score (nSPS) is 16.0. The van der Waals surface area contributed by atoms with Crippen LogP contribution in [0.2, 0.25) is 0 Å². The molecule has 0 unspecified atom stereocenters. The van der Waals surface area contributed by atoms with Gasteiger partial charge in [0.2, 0.25) is 6.79 Å². The molecule has 0 atom stereocenters. The third kappa shape index (κ3) is 5.12. The first-order valence-corrected chi connectivity index (χ1v) is 10.0. The van der Waals surface area contributed by atoms with Crippen molar-refractivity contribution in [1.29, 1.82) is 0 Å². The molecule has 1 fully saturated rings. The van der Waals surface area contributed by atoms with Crippen molar-refractivity contribution in [3.05, 3.63) is 53.6 Å². The van der Waals surface area contributed by atoms with E-state index in [1.165, 1.54) is 5.56 Å². The molecule has 154 valence electrons. The minimum absolute atomic E-state index is 0.0272. The lowest BCUT2D eigenvalue weighted by Crippen LogP contribution is -2.51. The van der Waals surface area contributed by atoms with E-state index in [-0.39, 0.29) is 6.03 Å². The summed E-state index contributed by atoms with van der Waals surface area (Å²) in [6.07, 6.45) is 0. The molecule has 0 saturated carbocycles. The van der Waals surface area contributed by atoms with Crippen LogP contribution in [0.5, 0.6) is 17.2 Å². The summed E-state index contributed by atoms with van der Waals surface area (Å²) in [4.78, 5) is 16.6. The molecular formula is C22H27N3O4. The first-order valence-electron chi connectivity index (χ1n) is 10.0. The topological polar surface area (TPSA) is 63.3 Å². The molecule has 0 radical (unpaired) electrons. The highest BCUT2D eigenvalue weighted by molar-refractivity contribution is 5.74. The average molecular weight is 397 g/mol. The van der Waals surface area contributed by atoms with Crippen molar-refractivity contribution in [2.45, 2.75) is 13.5 Å². The molecular weight excluding hydrogens is 370 g/mol. The molecule has 0 spiro atoms. The second-order valence-electron chi connectivity index (χ2n) is 7.35. The number of ether oxygens (including phenoxy) is 3. The smallest absolute Gasteiger partial charge is 0.317 e. The fraction of sp³-hybridized carbons (Fsp3) is 0.409. The Balaban J connectivity index is 1.16. The van der Waals surface area contributed by atoms with Crippen LogP contribution < -0.4 is 19.5 Å². The van der Waals surface area contributed by atoms with Crippen LogP contribution in [0.15, 0.2) is 42.5 Å². The highest BCUT2D eigenvalue weighted by Gasteiger charge is 2.21. The Labute approximate surface area is 171 Å². The molecule has 7 nitrogen and oxygen atoms in total. The fourth-order valence-corrected chi connectivity index (χ4v) is 3.55. The Hall–Kier alpha value is -2.93. The van der Waals surface area contributed by atoms with Gasteiger partial charge in [-0.15, -0.1) is 0 Å². The van der Waals surface area contributed by atoms with Crippen LogP contribution in [0.25, 0.3) is 0 Å². The van der Waals surface area contributed by atoms with Gasteiger partial charge in [-0.25, -0.2) is 4.79 Å². The van der Waals surface area contributed by atoms with E-state index in [9.17, 15) is 4.79 Å². The second-order valence-corrected chi connectivity index (χ2v) is 7.35. The van der Waals surface area contributed by atoms with Gasteiger partial charge in [0.25, 0.3) is 0 Å². The summed E-state index contributed by atoms with van der Waals surface area (Å²) in [7, 11) is 0. The highest BCUT2D eigenvalue weighted by Crippen LogP contribution is 2.32. The molecule has 4 rings (SSSR count). The number of carbonyl (C=O) groups excluding carboxylic acids is 1. The lowest BCUT2D eigenvalue weighted by molar-refractivity contribution is 0.134. The summed E-state index contributed by atoms with van der Waals surface area (Å²) >= 11 is 0. The summed E-state index contributed by atoms with van der Waals surface area (Å²) in [6, 6.07) is 13.9. The van der Waals surface area contributed by atoms with Crippen LogP contribution >= 0.6 is 0 Å². The van der Waals surface area contributed by atoms with E-state index in [0.717, 1.165) is 55.5 Å². The number of carbonyl (C=O) groups is 1. The van der Waals surface area contributed by atoms with Gasteiger partial charge in [0.15, 0.2) is 11.5 Å². The molecule has 2 aliphatic heterocycles. The van der Waals surface area contributed by atoms with Crippen molar-refractivity contribution in [3.63, 3.8) is 0 Å². The minimum atomic E-state index is -0.0272. The van der Waals surface area contributed by atoms with E-state index in [4.69, 9.17) is 14.2 Å². The molecule has 1 saturated heterocycles. The van der Waals surface area contributed by atoms with Gasteiger partial charge in [-0.1, -0.05) is 18.2 Å². The number of urea groups is 1. The van der Waals surface area contributed by atoms with Crippen molar-refractivity contribution in [2.24, 2.45) is 0 Å². The van der Waals surface area contributed by atoms with Gasteiger partial charge in [0.1, 0.15) is 12.4 Å². The lowest BCUT2D eigenvalue weighted by Gasteiger charge is -2.34. The molecule has 2 aliphatic rings. The Morgan fingerprint density at radius 1 is 1.07 bits per heavy atom. The summed E-state index contributed by atoms with van der Waals surface area (Å²) in [6.45, 7) is 7.25. The summed E-state index contributed by atoms with van der Waals surface area (Å²) in [5.41, 5.74) is 2.35. The predicted molar refractivity (Wildman–Crippen MR) is 109 cm³/mol. The van der Waals surface area contributed by atoms with Crippen LogP contribution in [0.1, 0.15) is 11.1 Å². The number of benzene rings is 2. The maximum Gasteiger partial charge on any atom is 0.317 e. The number of fused-ring (bicyclic) bond motifs is 1. The zero-order valence-corrected chi connectivity index (χ0v) is 16.7. The number of amides is 2. The van der Waals surface area contributed by atoms with Crippen LogP contribution in [-0.4, -0.2) is 62.0 Å². The van der Waals surface area contributed by atoms with Gasteiger partial charge >= 0.3 is 6.03 Å². The number of nitrogens with one attached hydrogen (secondary N) is 1. The van der Waals surface area contributed by atoms with Crippen LogP contribution in [0, 0.1) is 6.92 Å². The van der Waals surface area contributed by atoms with Gasteiger partial charge < -0.3 is 24.4 Å². The largest absolute Gasteiger partial charge is 0.492 e. The Bertz CT molecular complexity index is 850. The van der Waals surface area contributed by atoms with Gasteiger partial charge in [-0.3, -0.25) is 4.90 Å². The van der Waals surface area contributed by atoms with Gasteiger partial charge in [-0.05, 0) is 42.3 Å². The maximum absolute atomic E-state index is 12.4. The minimum Gasteiger partial charge on any atom is -0.492 e. The van der Waals surface area contributed by atoms with E-state index in [1.807, 2.05) is 48.2 Å². The number of piperazine rings is 1. The van der Waals surface area contributed by atoms with Crippen LogP contribution in [-0.2, 0) is 6.54 Å². The first-order chi connectivity index (χ1) is 14.2. The van der Waals surface area contributed by atoms with E-state index >= 15 is 0 Å². The Kier molecular flexibility index (Phi) is 6.05. The third-order valence-electron chi connectivity index (χ3n) is 5.14. The zero-order chi connectivity index (χ0) is 20.1. The van der Waals surface area contributed by atoms with Gasteiger partial charge in [-0.2, -0.15) is 0 Å². The van der Waals surface area contributed by atoms with E-state index in [2.05, 4.69) is 16.3 Å². The SMILES string of the molecule is Cc1cccc(OCCNC(=O)N2CCN(Cc3ccc4c(c3)OCO4)CC2)c1. The number of hydrogen-bond donors (Lipinski definition) is 1. The number of hydrogen-bond acceptors (Lipinski definition) is 5. The predicted octanol–water partition coefficient (Wildman–Crippen LogP) is 2.63.